The maximum Gasteiger partial charge on any atom is 0.0572 e. The van der Waals surface area contributed by atoms with E-state index in [4.69, 9.17) is 0 Å². The van der Waals surface area contributed by atoms with Crippen LogP contribution in [0, 0.1) is 6.92 Å². The lowest BCUT2D eigenvalue weighted by molar-refractivity contribution is 0.777. The van der Waals surface area contributed by atoms with Gasteiger partial charge in [-0.25, -0.2) is 5.43 Å². The van der Waals surface area contributed by atoms with E-state index in [-0.39, 0.29) is 0 Å². The van der Waals surface area contributed by atoms with Gasteiger partial charge in [-0.2, -0.15) is 0 Å². The number of aryl methyl sites for hydroxylation is 1. The zero-order valence-electron chi connectivity index (χ0n) is 9.27. The number of hydrogen-bond donors (Lipinski definition) is 2. The number of nitrogens with one attached hydrogen (secondary N) is 2. The SMILES string of the molecule is Cc1cccc(NNCc2ccccn2)c1. The van der Waals surface area contributed by atoms with Crippen LogP contribution >= 0.6 is 0 Å². The fourth-order valence-corrected chi connectivity index (χ4v) is 1.46. The number of anilines is 1. The molecule has 0 atom stereocenters. The Morgan fingerprint density at radius 1 is 1.12 bits per heavy atom. The van der Waals surface area contributed by atoms with Crippen molar-refractivity contribution < 1.29 is 0 Å². The van der Waals surface area contributed by atoms with E-state index in [1.807, 2.05) is 30.3 Å². The highest BCUT2D eigenvalue weighted by atomic mass is 15.4. The third-order valence-electron chi connectivity index (χ3n) is 2.25. The molecule has 1 aromatic carbocycles. The van der Waals surface area contributed by atoms with E-state index >= 15 is 0 Å². The molecule has 16 heavy (non-hydrogen) atoms. The van der Waals surface area contributed by atoms with Crippen molar-refractivity contribution in [3.8, 4) is 0 Å². The van der Waals surface area contributed by atoms with Crippen molar-refractivity contribution in [1.82, 2.24) is 10.4 Å². The second kappa shape index (κ2) is 5.28. The van der Waals surface area contributed by atoms with Crippen LogP contribution in [0.2, 0.25) is 0 Å². The summed E-state index contributed by atoms with van der Waals surface area (Å²) < 4.78 is 0. The number of pyridine rings is 1. The topological polar surface area (TPSA) is 37.0 Å². The van der Waals surface area contributed by atoms with Crippen LogP contribution in [-0.4, -0.2) is 4.98 Å². The number of hydrazine groups is 1. The highest BCUT2D eigenvalue weighted by Gasteiger charge is 1.93. The number of nitrogens with zero attached hydrogens (tertiary/aromatic N) is 1. The molecule has 0 saturated heterocycles. The Hall–Kier alpha value is -1.87. The number of hydrogen-bond acceptors (Lipinski definition) is 3. The summed E-state index contributed by atoms with van der Waals surface area (Å²) in [6.07, 6.45) is 1.80. The van der Waals surface area contributed by atoms with Gasteiger partial charge in [0.1, 0.15) is 0 Å². The number of aromatic nitrogens is 1. The summed E-state index contributed by atoms with van der Waals surface area (Å²) in [5.74, 6) is 0. The summed E-state index contributed by atoms with van der Waals surface area (Å²) in [5, 5.41) is 0. The van der Waals surface area contributed by atoms with Gasteiger partial charge in [-0.1, -0.05) is 18.2 Å². The normalized spacial score (nSPS) is 10.1. The van der Waals surface area contributed by atoms with Crippen molar-refractivity contribution in [3.63, 3.8) is 0 Å². The molecule has 3 heteroatoms. The van der Waals surface area contributed by atoms with E-state index in [9.17, 15) is 0 Å². The monoisotopic (exact) mass is 213 g/mol. The van der Waals surface area contributed by atoms with Crippen molar-refractivity contribution in [2.24, 2.45) is 0 Å². The van der Waals surface area contributed by atoms with Gasteiger partial charge in [-0.05, 0) is 36.8 Å². The Morgan fingerprint density at radius 2 is 2.06 bits per heavy atom. The van der Waals surface area contributed by atoms with Gasteiger partial charge in [-0.3, -0.25) is 4.98 Å². The lowest BCUT2D eigenvalue weighted by Gasteiger charge is -2.08. The molecule has 0 aliphatic carbocycles. The Bertz CT molecular complexity index is 440. The highest BCUT2D eigenvalue weighted by molar-refractivity contribution is 5.44. The van der Waals surface area contributed by atoms with E-state index in [1.54, 1.807) is 6.20 Å². The largest absolute Gasteiger partial charge is 0.321 e. The molecule has 0 spiro atoms. The van der Waals surface area contributed by atoms with Crippen LogP contribution in [-0.2, 0) is 6.54 Å². The van der Waals surface area contributed by atoms with Crippen LogP contribution in [0.1, 0.15) is 11.3 Å². The van der Waals surface area contributed by atoms with Gasteiger partial charge >= 0.3 is 0 Å². The number of benzene rings is 1. The molecule has 2 rings (SSSR count). The summed E-state index contributed by atoms with van der Waals surface area (Å²) in [7, 11) is 0. The van der Waals surface area contributed by atoms with E-state index < -0.39 is 0 Å². The molecule has 0 radical (unpaired) electrons. The zero-order chi connectivity index (χ0) is 11.2. The van der Waals surface area contributed by atoms with Crippen molar-refractivity contribution in [2.45, 2.75) is 13.5 Å². The summed E-state index contributed by atoms with van der Waals surface area (Å²) >= 11 is 0. The molecule has 82 valence electrons. The zero-order valence-corrected chi connectivity index (χ0v) is 9.27. The average molecular weight is 213 g/mol. The Balaban J connectivity index is 1.85. The minimum Gasteiger partial charge on any atom is -0.321 e. The summed E-state index contributed by atoms with van der Waals surface area (Å²) in [6, 6.07) is 14.1. The molecule has 3 nitrogen and oxygen atoms in total. The van der Waals surface area contributed by atoms with Crippen molar-refractivity contribution in [3.05, 3.63) is 59.9 Å². The molecular weight excluding hydrogens is 198 g/mol. The molecule has 0 bridgehead atoms. The first kappa shape index (κ1) is 10.6. The van der Waals surface area contributed by atoms with Gasteiger partial charge in [-0.15, -0.1) is 0 Å². The molecule has 1 aromatic heterocycles. The maximum atomic E-state index is 4.22. The van der Waals surface area contributed by atoms with Gasteiger partial charge in [0.25, 0.3) is 0 Å². The fraction of sp³-hybridized carbons (Fsp3) is 0.154. The summed E-state index contributed by atoms with van der Waals surface area (Å²) in [4.78, 5) is 4.22. The minimum atomic E-state index is 0.703. The predicted molar refractivity (Wildman–Crippen MR) is 65.9 cm³/mol. The Labute approximate surface area is 95.5 Å². The minimum absolute atomic E-state index is 0.703. The van der Waals surface area contributed by atoms with E-state index in [0.717, 1.165) is 11.4 Å². The maximum absolute atomic E-state index is 4.22. The molecule has 0 aliphatic rings. The first-order valence-corrected chi connectivity index (χ1v) is 5.30. The Morgan fingerprint density at radius 3 is 2.81 bits per heavy atom. The molecular formula is C13H15N3. The van der Waals surface area contributed by atoms with Gasteiger partial charge in [0.05, 0.1) is 12.2 Å². The molecule has 0 amide bonds. The molecule has 0 saturated carbocycles. The molecule has 2 aromatic rings. The first-order valence-electron chi connectivity index (χ1n) is 5.30. The van der Waals surface area contributed by atoms with Crippen LogP contribution in [0.4, 0.5) is 5.69 Å². The molecule has 1 heterocycles. The molecule has 2 N–H and O–H groups in total. The van der Waals surface area contributed by atoms with Crippen LogP contribution < -0.4 is 10.9 Å². The predicted octanol–water partition coefficient (Wildman–Crippen LogP) is 2.51. The van der Waals surface area contributed by atoms with E-state index in [2.05, 4.69) is 34.9 Å². The lowest BCUT2D eigenvalue weighted by Crippen LogP contribution is -2.21. The second-order valence-electron chi connectivity index (χ2n) is 3.67. The van der Waals surface area contributed by atoms with Crippen LogP contribution in [0.25, 0.3) is 0 Å². The third-order valence-corrected chi connectivity index (χ3v) is 2.25. The van der Waals surface area contributed by atoms with E-state index in [0.29, 0.717) is 6.54 Å². The molecule has 0 fully saturated rings. The van der Waals surface area contributed by atoms with Crippen molar-refractivity contribution in [2.75, 3.05) is 5.43 Å². The fourth-order valence-electron chi connectivity index (χ4n) is 1.46. The molecule has 0 aliphatic heterocycles. The van der Waals surface area contributed by atoms with Gasteiger partial charge < -0.3 is 5.43 Å². The molecule has 0 unspecified atom stereocenters. The Kier molecular flexibility index (Phi) is 3.51. The van der Waals surface area contributed by atoms with Crippen LogP contribution in [0.15, 0.2) is 48.7 Å². The summed E-state index contributed by atoms with van der Waals surface area (Å²) in [6.45, 7) is 2.78. The van der Waals surface area contributed by atoms with Gasteiger partial charge in [0, 0.05) is 11.9 Å². The van der Waals surface area contributed by atoms with Gasteiger partial charge in [0.2, 0.25) is 0 Å². The van der Waals surface area contributed by atoms with E-state index in [1.165, 1.54) is 5.56 Å². The van der Waals surface area contributed by atoms with Gasteiger partial charge in [0.15, 0.2) is 0 Å². The number of rotatable bonds is 4. The standard InChI is InChI=1S/C13H15N3/c1-11-5-4-7-12(9-11)16-15-10-13-6-2-3-8-14-13/h2-9,15-16H,10H2,1H3. The second-order valence-corrected chi connectivity index (χ2v) is 3.67. The lowest BCUT2D eigenvalue weighted by atomic mass is 10.2. The van der Waals surface area contributed by atoms with Crippen molar-refractivity contribution >= 4 is 5.69 Å². The quantitative estimate of drug-likeness (QED) is 0.766. The summed E-state index contributed by atoms with van der Waals surface area (Å²) in [5.41, 5.74) is 9.60. The van der Waals surface area contributed by atoms with Crippen molar-refractivity contribution in [1.29, 1.82) is 0 Å². The van der Waals surface area contributed by atoms with Crippen LogP contribution in [0.3, 0.4) is 0 Å². The smallest absolute Gasteiger partial charge is 0.0572 e. The average Bonchev–Trinajstić information content (AvgIpc) is 2.30. The third kappa shape index (κ3) is 3.07. The van der Waals surface area contributed by atoms with Crippen LogP contribution in [0.5, 0.6) is 0 Å². The first-order chi connectivity index (χ1) is 7.84. The highest BCUT2D eigenvalue weighted by Crippen LogP contribution is 2.07.